The monoisotopic (exact) mass is 816 g/mol. The summed E-state index contributed by atoms with van der Waals surface area (Å²) in [6.45, 7) is 0. The molecule has 0 radical (unpaired) electrons. The molecule has 4 aromatic carbocycles. The fraction of sp³-hybridized carbons (Fsp3) is 0. The highest BCUT2D eigenvalue weighted by atomic mass is 32.1. The fourth-order valence-electron chi connectivity index (χ4n) is 6.08. The zero-order valence-corrected chi connectivity index (χ0v) is 32.7. The van der Waals surface area contributed by atoms with Gasteiger partial charge in [0.15, 0.2) is 64.9 Å². The Morgan fingerprint density at radius 2 is 0.407 bits per heavy atom. The van der Waals surface area contributed by atoms with E-state index in [1.807, 2.05) is 105 Å². The lowest BCUT2D eigenvalue weighted by Gasteiger charge is -2.19. The van der Waals surface area contributed by atoms with E-state index < -0.39 is 0 Å². The third kappa shape index (κ3) is 6.68. The normalized spacial score (nSPS) is 11.3. The molecule has 0 aliphatic heterocycles. The predicted octanol–water partition coefficient (Wildman–Crippen LogP) is 16.3. The Labute approximate surface area is 332 Å². The second-order valence-corrected chi connectivity index (χ2v) is 17.2. The van der Waals surface area contributed by atoms with Crippen molar-refractivity contribution in [1.82, 2.24) is 0 Å². The van der Waals surface area contributed by atoms with Crippen molar-refractivity contribution in [2.45, 2.75) is 0 Å². The van der Waals surface area contributed by atoms with E-state index in [1.165, 1.54) is 68.0 Å². The summed E-state index contributed by atoms with van der Waals surface area (Å²) in [5.74, 6) is 3.54. The smallest absolute Gasteiger partial charge is 0.181 e. The van der Waals surface area contributed by atoms with Gasteiger partial charge in [0.1, 0.15) is 0 Å². The van der Waals surface area contributed by atoms with Gasteiger partial charge in [-0.1, -0.05) is 0 Å². The van der Waals surface area contributed by atoms with Crippen LogP contribution in [0.5, 0.6) is 64.9 Å². The Morgan fingerprint density at radius 1 is 0.241 bits per heavy atom. The first-order valence-corrected chi connectivity index (χ1v) is 21.8. The highest BCUT2D eigenvalue weighted by Gasteiger charge is 2.22. The molecule has 0 amide bonds. The van der Waals surface area contributed by atoms with Crippen LogP contribution in [-0.4, -0.2) is 0 Å². The second-order valence-electron chi connectivity index (χ2n) is 11.7. The van der Waals surface area contributed by atoms with Crippen LogP contribution in [0.25, 0.3) is 32.3 Å². The van der Waals surface area contributed by atoms with Gasteiger partial charge in [0.25, 0.3) is 0 Å². The van der Waals surface area contributed by atoms with Crippen LogP contribution in [0.4, 0.5) is 0 Å². The summed E-state index contributed by atoms with van der Waals surface area (Å²) in [6, 6.07) is 35.9. The Morgan fingerprint density at radius 3 is 0.537 bits per heavy atom. The van der Waals surface area contributed by atoms with E-state index in [0.29, 0.717) is 34.5 Å². The first kappa shape index (κ1) is 33.2. The van der Waals surface area contributed by atoms with Crippen LogP contribution in [0.15, 0.2) is 141 Å². The zero-order valence-electron chi connectivity index (χ0n) is 27.8. The fourth-order valence-corrected chi connectivity index (χ4v) is 9.59. The maximum absolute atomic E-state index is 6.55. The molecule has 10 aromatic rings. The summed E-state index contributed by atoms with van der Waals surface area (Å²) >= 11 is 9.13. The Bertz CT molecular complexity index is 2270. The number of rotatable bonds is 12. The molecule has 6 aromatic heterocycles. The standard InChI is InChI=1S/C42H24O6S6/c1-7-37(49-13-1)43-31-19-25-26(20-32(31)44-38-8-2-14-50-38)28-22-34(46-40-10-4-16-52-40)36(48-42-12-6-18-54-42)24-30(28)29-23-35(47-41-11-5-17-53-41)33(21-27(25)29)45-39-9-3-15-51-39/h1-24H. The van der Waals surface area contributed by atoms with Crippen molar-refractivity contribution in [3.05, 3.63) is 141 Å². The third-order valence-corrected chi connectivity index (χ3v) is 12.8. The molecule has 6 heterocycles. The second kappa shape index (κ2) is 14.5. The van der Waals surface area contributed by atoms with E-state index in [-0.39, 0.29) is 0 Å². The van der Waals surface area contributed by atoms with Gasteiger partial charge in [0.05, 0.1) is 0 Å². The maximum atomic E-state index is 6.55. The molecule has 0 saturated carbocycles. The average molecular weight is 817 g/mol. The number of benzene rings is 4. The lowest BCUT2D eigenvalue weighted by atomic mass is 9.93. The van der Waals surface area contributed by atoms with Gasteiger partial charge in [-0.05, 0) is 174 Å². The van der Waals surface area contributed by atoms with E-state index in [4.69, 9.17) is 28.4 Å². The highest BCUT2D eigenvalue weighted by Crippen LogP contribution is 2.51. The van der Waals surface area contributed by atoms with Gasteiger partial charge >= 0.3 is 0 Å². The number of fused-ring (bicyclic) bond motifs is 6. The number of thiophene rings is 6. The zero-order chi connectivity index (χ0) is 35.8. The first-order chi connectivity index (χ1) is 26.7. The van der Waals surface area contributed by atoms with E-state index in [1.54, 1.807) is 0 Å². The summed E-state index contributed by atoms with van der Waals surface area (Å²) < 4.78 is 39.3. The molecule has 0 atom stereocenters. The van der Waals surface area contributed by atoms with Crippen molar-refractivity contribution in [2.75, 3.05) is 0 Å². The lowest BCUT2D eigenvalue weighted by molar-refractivity contribution is 0.431. The van der Waals surface area contributed by atoms with E-state index >= 15 is 0 Å². The van der Waals surface area contributed by atoms with Gasteiger partial charge in [-0.25, -0.2) is 0 Å². The molecule has 0 fully saturated rings. The molecule has 0 aliphatic carbocycles. The number of hydrogen-bond donors (Lipinski definition) is 0. The third-order valence-electron chi connectivity index (χ3n) is 8.36. The minimum Gasteiger partial charge on any atom is -0.443 e. The Hall–Kier alpha value is -5.34. The van der Waals surface area contributed by atoms with Crippen LogP contribution >= 0.6 is 68.0 Å². The summed E-state index contributed by atoms with van der Waals surface area (Å²) in [4.78, 5) is 0. The van der Waals surface area contributed by atoms with Crippen LogP contribution in [0.3, 0.4) is 0 Å². The van der Waals surface area contributed by atoms with Crippen molar-refractivity contribution in [3.63, 3.8) is 0 Å². The summed E-state index contributed by atoms with van der Waals surface area (Å²) in [6.07, 6.45) is 0. The van der Waals surface area contributed by atoms with Crippen LogP contribution in [0.1, 0.15) is 0 Å². The van der Waals surface area contributed by atoms with Gasteiger partial charge in [-0.3, -0.25) is 0 Å². The van der Waals surface area contributed by atoms with Crippen molar-refractivity contribution < 1.29 is 28.4 Å². The molecule has 0 bridgehead atoms. The molecule has 0 aliphatic rings. The van der Waals surface area contributed by atoms with E-state index in [0.717, 1.165) is 62.7 Å². The quantitative estimate of drug-likeness (QED) is 0.115. The Balaban J connectivity index is 1.28. The number of hydrogen-bond acceptors (Lipinski definition) is 12. The number of ether oxygens (including phenoxy) is 6. The molecule has 0 unspecified atom stereocenters. The van der Waals surface area contributed by atoms with Gasteiger partial charge < -0.3 is 28.4 Å². The minimum atomic E-state index is 0.589. The van der Waals surface area contributed by atoms with Gasteiger partial charge in [0, 0.05) is 0 Å². The van der Waals surface area contributed by atoms with E-state index in [9.17, 15) is 0 Å². The molecule has 0 saturated heterocycles. The highest BCUT2D eigenvalue weighted by molar-refractivity contribution is 7.13. The molecule has 6 nitrogen and oxygen atoms in total. The summed E-state index contributed by atoms with van der Waals surface area (Å²) in [5.41, 5.74) is 0. The van der Waals surface area contributed by atoms with Gasteiger partial charge in [-0.2, -0.15) is 0 Å². The van der Waals surface area contributed by atoms with E-state index in [2.05, 4.69) is 36.4 Å². The minimum absolute atomic E-state index is 0.589. The molecular weight excluding hydrogens is 793 g/mol. The maximum Gasteiger partial charge on any atom is 0.181 e. The van der Waals surface area contributed by atoms with Crippen LogP contribution in [0, 0.1) is 0 Å². The van der Waals surface area contributed by atoms with Gasteiger partial charge in [-0.15, -0.1) is 68.0 Å². The topological polar surface area (TPSA) is 55.4 Å². The van der Waals surface area contributed by atoms with Crippen LogP contribution in [-0.2, 0) is 0 Å². The predicted molar refractivity (Wildman–Crippen MR) is 225 cm³/mol. The summed E-state index contributed by atoms with van der Waals surface area (Å²) in [5, 5.41) is 22.1. The summed E-state index contributed by atoms with van der Waals surface area (Å²) in [7, 11) is 0. The molecule has 0 spiro atoms. The largest absolute Gasteiger partial charge is 0.443 e. The average Bonchev–Trinajstić information content (AvgIpc) is 4.02. The van der Waals surface area contributed by atoms with Gasteiger partial charge in [0.2, 0.25) is 0 Å². The first-order valence-electron chi connectivity index (χ1n) is 16.5. The lowest BCUT2D eigenvalue weighted by Crippen LogP contribution is -1.95. The van der Waals surface area contributed by atoms with Crippen LogP contribution in [0.2, 0.25) is 0 Å². The van der Waals surface area contributed by atoms with Crippen molar-refractivity contribution in [2.24, 2.45) is 0 Å². The molecule has 0 N–H and O–H groups in total. The van der Waals surface area contributed by atoms with Crippen LogP contribution < -0.4 is 28.4 Å². The molecular formula is C42H24O6S6. The van der Waals surface area contributed by atoms with Crippen molar-refractivity contribution in [3.8, 4) is 64.9 Å². The molecule has 264 valence electrons. The molecule has 12 heteroatoms. The SMILES string of the molecule is c1csc(Oc2cc3c4cc(Oc5cccs5)c(Oc5cccs5)cc4c4cc(Oc5cccs5)c(Oc5cccs5)cc4c3cc2Oc2cccs2)c1. The molecule has 54 heavy (non-hydrogen) atoms. The Kier molecular flexibility index (Phi) is 8.91. The molecule has 10 rings (SSSR count). The van der Waals surface area contributed by atoms with Crippen molar-refractivity contribution in [1.29, 1.82) is 0 Å². The van der Waals surface area contributed by atoms with Crippen molar-refractivity contribution >= 4 is 100 Å².